The van der Waals surface area contributed by atoms with E-state index >= 15 is 0 Å². The number of benzene rings is 2. The highest BCUT2D eigenvalue weighted by atomic mass is 16.5. The fraction of sp³-hybridized carbons (Fsp3) is 0.182. The quantitative estimate of drug-likeness (QED) is 0.672. The molecule has 3 aromatic rings. The largest absolute Gasteiger partial charge is 0.361 e. The number of nitrogens with one attached hydrogen (secondary N) is 1. The van der Waals surface area contributed by atoms with Crippen molar-refractivity contribution in [3.8, 4) is 11.1 Å². The predicted molar refractivity (Wildman–Crippen MR) is 103 cm³/mol. The van der Waals surface area contributed by atoms with Crippen molar-refractivity contribution >= 4 is 12.0 Å². The molecule has 26 heavy (non-hydrogen) atoms. The fourth-order valence-electron chi connectivity index (χ4n) is 2.94. The molecule has 1 aromatic heterocycles. The Balaban J connectivity index is 1.72. The molecule has 0 aliphatic heterocycles. The summed E-state index contributed by atoms with van der Waals surface area (Å²) in [6.45, 7) is 5.81. The van der Waals surface area contributed by atoms with Crippen molar-refractivity contribution in [1.29, 1.82) is 0 Å². The van der Waals surface area contributed by atoms with Crippen LogP contribution < -0.4 is 5.32 Å². The van der Waals surface area contributed by atoms with Gasteiger partial charge in [0.2, 0.25) is 5.91 Å². The second-order valence-electron chi connectivity index (χ2n) is 6.30. The molecule has 1 heterocycles. The molecule has 1 amide bonds. The van der Waals surface area contributed by atoms with E-state index in [1.807, 2.05) is 75.4 Å². The third-order valence-electron chi connectivity index (χ3n) is 4.29. The molecular weight excluding hydrogens is 324 g/mol. The highest BCUT2D eigenvalue weighted by molar-refractivity contribution is 5.92. The Bertz CT molecular complexity index is 907. The maximum Gasteiger partial charge on any atom is 0.244 e. The maximum atomic E-state index is 12.2. The van der Waals surface area contributed by atoms with Crippen molar-refractivity contribution < 1.29 is 9.32 Å². The number of amides is 1. The number of aromatic nitrogens is 1. The number of carbonyl (C=O) groups is 1. The van der Waals surface area contributed by atoms with Crippen LogP contribution in [-0.2, 0) is 4.79 Å². The molecule has 0 bridgehead atoms. The van der Waals surface area contributed by atoms with Gasteiger partial charge in [0.1, 0.15) is 5.76 Å². The van der Waals surface area contributed by atoms with E-state index < -0.39 is 0 Å². The van der Waals surface area contributed by atoms with E-state index in [0.29, 0.717) is 0 Å². The molecule has 0 radical (unpaired) electrons. The van der Waals surface area contributed by atoms with Crippen LogP contribution in [-0.4, -0.2) is 11.1 Å². The molecule has 0 aliphatic rings. The van der Waals surface area contributed by atoms with Gasteiger partial charge in [-0.3, -0.25) is 4.79 Å². The van der Waals surface area contributed by atoms with Gasteiger partial charge in [-0.2, -0.15) is 0 Å². The Kier molecular flexibility index (Phi) is 5.32. The standard InChI is InChI=1S/C22H22N2O2/c1-15(23-21(25)13-12-18-8-5-4-6-9-18)19-10-7-11-20(14-19)22-16(2)24-26-17(22)3/h4-15H,1-3H3,(H,23,25)/b13-12-/t15-/m0/s1. The van der Waals surface area contributed by atoms with Crippen LogP contribution in [0.25, 0.3) is 17.2 Å². The van der Waals surface area contributed by atoms with Crippen LogP contribution in [0.2, 0.25) is 0 Å². The first-order chi connectivity index (χ1) is 12.5. The topological polar surface area (TPSA) is 55.1 Å². The molecule has 3 rings (SSSR count). The van der Waals surface area contributed by atoms with Crippen molar-refractivity contribution in [2.24, 2.45) is 0 Å². The van der Waals surface area contributed by atoms with Crippen molar-refractivity contribution in [2.45, 2.75) is 26.8 Å². The third-order valence-corrected chi connectivity index (χ3v) is 4.29. The van der Waals surface area contributed by atoms with Crippen molar-refractivity contribution in [2.75, 3.05) is 0 Å². The summed E-state index contributed by atoms with van der Waals surface area (Å²) in [5, 5.41) is 7.02. The summed E-state index contributed by atoms with van der Waals surface area (Å²) in [4.78, 5) is 12.2. The van der Waals surface area contributed by atoms with Gasteiger partial charge in [0.25, 0.3) is 0 Å². The Morgan fingerprint density at radius 2 is 1.88 bits per heavy atom. The lowest BCUT2D eigenvalue weighted by atomic mass is 9.99. The van der Waals surface area contributed by atoms with Crippen LogP contribution in [0.5, 0.6) is 0 Å². The van der Waals surface area contributed by atoms with E-state index in [-0.39, 0.29) is 11.9 Å². The van der Waals surface area contributed by atoms with Crippen molar-refractivity contribution in [3.05, 3.63) is 83.3 Å². The van der Waals surface area contributed by atoms with Crippen LogP contribution in [0, 0.1) is 13.8 Å². The first-order valence-electron chi connectivity index (χ1n) is 8.61. The molecule has 0 fully saturated rings. The van der Waals surface area contributed by atoms with Gasteiger partial charge in [-0.25, -0.2) is 0 Å². The number of rotatable bonds is 5. The van der Waals surface area contributed by atoms with Crippen LogP contribution in [0.1, 0.15) is 35.5 Å². The van der Waals surface area contributed by atoms with E-state index in [1.54, 1.807) is 6.08 Å². The van der Waals surface area contributed by atoms with Crippen molar-refractivity contribution in [3.63, 3.8) is 0 Å². The Labute approximate surface area is 153 Å². The number of carbonyl (C=O) groups excluding carboxylic acids is 1. The molecule has 0 unspecified atom stereocenters. The molecule has 0 saturated heterocycles. The molecule has 1 atom stereocenters. The van der Waals surface area contributed by atoms with Crippen LogP contribution in [0.4, 0.5) is 0 Å². The molecule has 0 spiro atoms. The zero-order chi connectivity index (χ0) is 18.5. The van der Waals surface area contributed by atoms with Gasteiger partial charge in [-0.15, -0.1) is 0 Å². The fourth-order valence-corrected chi connectivity index (χ4v) is 2.94. The first kappa shape index (κ1) is 17.7. The lowest BCUT2D eigenvalue weighted by Crippen LogP contribution is -2.24. The van der Waals surface area contributed by atoms with Gasteiger partial charge in [-0.1, -0.05) is 53.7 Å². The summed E-state index contributed by atoms with van der Waals surface area (Å²) in [7, 11) is 0. The van der Waals surface area contributed by atoms with Gasteiger partial charge in [0, 0.05) is 11.6 Å². The summed E-state index contributed by atoms with van der Waals surface area (Å²) in [5.74, 6) is 0.672. The molecule has 2 aromatic carbocycles. The van der Waals surface area contributed by atoms with E-state index in [4.69, 9.17) is 4.52 Å². The zero-order valence-corrected chi connectivity index (χ0v) is 15.2. The molecule has 0 aliphatic carbocycles. The summed E-state index contributed by atoms with van der Waals surface area (Å²) in [6, 6.07) is 17.7. The predicted octanol–water partition coefficient (Wildman–Crippen LogP) is 4.85. The summed E-state index contributed by atoms with van der Waals surface area (Å²) < 4.78 is 5.26. The Hall–Kier alpha value is -3.14. The number of hydrogen-bond donors (Lipinski definition) is 1. The molecule has 4 nitrogen and oxygen atoms in total. The minimum Gasteiger partial charge on any atom is -0.361 e. The Morgan fingerprint density at radius 1 is 1.12 bits per heavy atom. The van der Waals surface area contributed by atoms with Crippen LogP contribution in [0.3, 0.4) is 0 Å². The average Bonchev–Trinajstić information content (AvgIpc) is 2.99. The minimum atomic E-state index is -0.121. The number of nitrogens with zero attached hydrogens (tertiary/aromatic N) is 1. The first-order valence-corrected chi connectivity index (χ1v) is 8.61. The summed E-state index contributed by atoms with van der Waals surface area (Å²) >= 11 is 0. The molecule has 132 valence electrons. The van der Waals surface area contributed by atoms with Crippen LogP contribution in [0.15, 0.2) is 65.2 Å². The second-order valence-corrected chi connectivity index (χ2v) is 6.30. The highest BCUT2D eigenvalue weighted by Crippen LogP contribution is 2.28. The van der Waals surface area contributed by atoms with Crippen LogP contribution >= 0.6 is 0 Å². The van der Waals surface area contributed by atoms with Gasteiger partial charge in [-0.05, 0) is 49.6 Å². The third kappa shape index (κ3) is 4.09. The minimum absolute atomic E-state index is 0.108. The van der Waals surface area contributed by atoms with Gasteiger partial charge >= 0.3 is 0 Å². The lowest BCUT2D eigenvalue weighted by molar-refractivity contribution is -0.117. The number of hydrogen-bond acceptors (Lipinski definition) is 3. The average molecular weight is 346 g/mol. The van der Waals surface area contributed by atoms with Crippen molar-refractivity contribution in [1.82, 2.24) is 10.5 Å². The lowest BCUT2D eigenvalue weighted by Gasteiger charge is -2.14. The van der Waals surface area contributed by atoms with E-state index in [0.717, 1.165) is 33.7 Å². The zero-order valence-electron chi connectivity index (χ0n) is 15.2. The van der Waals surface area contributed by atoms with E-state index in [9.17, 15) is 4.79 Å². The van der Waals surface area contributed by atoms with Gasteiger partial charge in [0.05, 0.1) is 11.7 Å². The normalized spacial score (nSPS) is 12.3. The van der Waals surface area contributed by atoms with E-state index in [1.165, 1.54) is 0 Å². The molecule has 0 saturated carbocycles. The second kappa shape index (κ2) is 7.83. The molecular formula is C22H22N2O2. The summed E-state index contributed by atoms with van der Waals surface area (Å²) in [5.41, 5.74) is 4.94. The SMILES string of the molecule is Cc1noc(C)c1-c1cccc([C@H](C)NC(=O)/C=C\c2ccccc2)c1. The molecule has 1 N–H and O–H groups in total. The molecule has 4 heteroatoms. The monoisotopic (exact) mass is 346 g/mol. The smallest absolute Gasteiger partial charge is 0.244 e. The summed E-state index contributed by atoms with van der Waals surface area (Å²) in [6.07, 6.45) is 3.37. The maximum absolute atomic E-state index is 12.2. The van der Waals surface area contributed by atoms with Gasteiger partial charge in [0.15, 0.2) is 0 Å². The Morgan fingerprint density at radius 3 is 2.58 bits per heavy atom. The highest BCUT2D eigenvalue weighted by Gasteiger charge is 2.14. The van der Waals surface area contributed by atoms with E-state index in [2.05, 4.69) is 16.5 Å². The number of aryl methyl sites for hydroxylation is 2. The van der Waals surface area contributed by atoms with Gasteiger partial charge < -0.3 is 9.84 Å².